The van der Waals surface area contributed by atoms with Crippen LogP contribution in [0.25, 0.3) is 5.65 Å². The van der Waals surface area contributed by atoms with E-state index < -0.39 is 5.97 Å². The molecule has 2 aromatic heterocycles. The lowest BCUT2D eigenvalue weighted by Crippen LogP contribution is -2.01. The van der Waals surface area contributed by atoms with Gasteiger partial charge in [0.15, 0.2) is 5.65 Å². The summed E-state index contributed by atoms with van der Waals surface area (Å²) in [7, 11) is 0. The van der Waals surface area contributed by atoms with Gasteiger partial charge in [0.2, 0.25) is 0 Å². The highest BCUT2D eigenvalue weighted by atomic mass is 16.4. The molecule has 0 atom stereocenters. The van der Waals surface area contributed by atoms with Crippen molar-refractivity contribution in [3.63, 3.8) is 0 Å². The largest absolute Gasteiger partial charge is 0.478 e. The van der Waals surface area contributed by atoms with E-state index in [1.807, 2.05) is 0 Å². The highest BCUT2D eigenvalue weighted by molar-refractivity contribution is 5.87. The standard InChI is InChI=1S/C7H6N4O2/c8-5-1-6-9-2-4(7(12)13)3-11(6)10-5/h1-3H,(H2,8,10)(H,12,13). The van der Waals surface area contributed by atoms with E-state index in [1.165, 1.54) is 16.9 Å². The van der Waals surface area contributed by atoms with Crippen LogP contribution < -0.4 is 5.73 Å². The second kappa shape index (κ2) is 2.44. The summed E-state index contributed by atoms with van der Waals surface area (Å²) in [6.45, 7) is 0. The Morgan fingerprint density at radius 3 is 3.08 bits per heavy atom. The maximum absolute atomic E-state index is 10.5. The number of rotatable bonds is 1. The molecule has 3 N–H and O–H groups in total. The van der Waals surface area contributed by atoms with Gasteiger partial charge in [0, 0.05) is 18.5 Å². The summed E-state index contributed by atoms with van der Waals surface area (Å²) in [4.78, 5) is 14.4. The third-order valence-corrected chi connectivity index (χ3v) is 1.58. The average Bonchev–Trinajstić information content (AvgIpc) is 2.42. The van der Waals surface area contributed by atoms with Crippen molar-refractivity contribution in [3.8, 4) is 0 Å². The Bertz CT molecular complexity index is 476. The Kier molecular flexibility index (Phi) is 1.42. The van der Waals surface area contributed by atoms with Gasteiger partial charge in [-0.15, -0.1) is 5.10 Å². The molecule has 0 bridgehead atoms. The van der Waals surface area contributed by atoms with Gasteiger partial charge in [-0.25, -0.2) is 14.3 Å². The summed E-state index contributed by atoms with van der Waals surface area (Å²) >= 11 is 0. The molecule has 0 saturated heterocycles. The van der Waals surface area contributed by atoms with E-state index in [9.17, 15) is 4.79 Å². The van der Waals surface area contributed by atoms with Crippen LogP contribution in [0.3, 0.4) is 0 Å². The number of anilines is 1. The average molecular weight is 178 g/mol. The van der Waals surface area contributed by atoms with E-state index in [1.54, 1.807) is 6.07 Å². The van der Waals surface area contributed by atoms with Crippen LogP contribution in [-0.4, -0.2) is 25.7 Å². The number of nitrogens with two attached hydrogens (primary N) is 1. The fourth-order valence-electron chi connectivity index (χ4n) is 1.01. The summed E-state index contributed by atoms with van der Waals surface area (Å²) in [6.07, 6.45) is 2.62. The fourth-order valence-corrected chi connectivity index (χ4v) is 1.01. The molecular formula is C7H6N4O2. The summed E-state index contributed by atoms with van der Waals surface area (Å²) in [6, 6.07) is 1.56. The lowest BCUT2D eigenvalue weighted by Gasteiger charge is -1.93. The number of nitrogen functional groups attached to an aromatic ring is 1. The third-order valence-electron chi connectivity index (χ3n) is 1.58. The SMILES string of the molecule is Nc1cc2ncc(C(=O)O)cn2n1. The molecule has 6 heteroatoms. The highest BCUT2D eigenvalue weighted by Gasteiger charge is 2.05. The van der Waals surface area contributed by atoms with E-state index in [0.29, 0.717) is 11.5 Å². The Morgan fingerprint density at radius 1 is 1.62 bits per heavy atom. The molecule has 2 rings (SSSR count). The van der Waals surface area contributed by atoms with Crippen molar-refractivity contribution in [3.05, 3.63) is 24.0 Å². The maximum Gasteiger partial charge on any atom is 0.338 e. The van der Waals surface area contributed by atoms with Crippen LogP contribution in [0, 0.1) is 0 Å². The molecule has 0 aliphatic heterocycles. The lowest BCUT2D eigenvalue weighted by molar-refractivity contribution is 0.0695. The molecule has 0 radical (unpaired) electrons. The van der Waals surface area contributed by atoms with E-state index in [0.717, 1.165) is 0 Å². The number of fused-ring (bicyclic) bond motifs is 1. The van der Waals surface area contributed by atoms with Crippen molar-refractivity contribution in [2.45, 2.75) is 0 Å². The van der Waals surface area contributed by atoms with Crippen LogP contribution in [0.2, 0.25) is 0 Å². The molecule has 66 valence electrons. The molecule has 0 saturated carbocycles. The minimum atomic E-state index is -1.04. The van der Waals surface area contributed by atoms with Crippen molar-refractivity contribution in [1.82, 2.24) is 14.6 Å². The number of hydrogen-bond acceptors (Lipinski definition) is 4. The van der Waals surface area contributed by atoms with Crippen molar-refractivity contribution in [2.75, 3.05) is 5.73 Å². The highest BCUT2D eigenvalue weighted by Crippen LogP contribution is 2.05. The van der Waals surface area contributed by atoms with Crippen LogP contribution in [0.4, 0.5) is 5.82 Å². The van der Waals surface area contributed by atoms with Crippen molar-refractivity contribution < 1.29 is 9.90 Å². The number of carboxylic acid groups (broad SMARTS) is 1. The number of aromatic carboxylic acids is 1. The van der Waals surface area contributed by atoms with Crippen LogP contribution in [0.1, 0.15) is 10.4 Å². The Labute approximate surface area is 72.6 Å². The Balaban J connectivity index is 2.67. The van der Waals surface area contributed by atoms with Crippen molar-refractivity contribution in [1.29, 1.82) is 0 Å². The number of hydrogen-bond donors (Lipinski definition) is 2. The first-order valence-electron chi connectivity index (χ1n) is 3.51. The second-order valence-electron chi connectivity index (χ2n) is 2.52. The summed E-state index contributed by atoms with van der Waals surface area (Å²) < 4.78 is 1.33. The third kappa shape index (κ3) is 1.18. The molecule has 0 unspecified atom stereocenters. The van der Waals surface area contributed by atoms with Gasteiger partial charge < -0.3 is 10.8 Å². The van der Waals surface area contributed by atoms with Gasteiger partial charge in [-0.2, -0.15) is 0 Å². The monoisotopic (exact) mass is 178 g/mol. The van der Waals surface area contributed by atoms with Crippen LogP contribution in [0.5, 0.6) is 0 Å². The number of carbonyl (C=O) groups is 1. The van der Waals surface area contributed by atoms with Crippen LogP contribution in [-0.2, 0) is 0 Å². The second-order valence-corrected chi connectivity index (χ2v) is 2.52. The molecule has 0 fully saturated rings. The normalized spacial score (nSPS) is 10.5. The van der Waals surface area contributed by atoms with Gasteiger partial charge in [0.25, 0.3) is 0 Å². The van der Waals surface area contributed by atoms with Gasteiger partial charge in [-0.05, 0) is 0 Å². The molecule has 2 heterocycles. The predicted octanol–water partition coefficient (Wildman–Crippen LogP) is 0.00970. The zero-order valence-electron chi connectivity index (χ0n) is 6.51. The number of nitrogens with zero attached hydrogens (tertiary/aromatic N) is 3. The van der Waals surface area contributed by atoms with Crippen molar-refractivity contribution in [2.24, 2.45) is 0 Å². The first kappa shape index (κ1) is 7.53. The predicted molar refractivity (Wildman–Crippen MR) is 44.4 cm³/mol. The summed E-state index contributed by atoms with van der Waals surface area (Å²) in [5.74, 6) is -0.724. The van der Waals surface area contributed by atoms with Gasteiger partial charge >= 0.3 is 5.97 Å². The number of aromatic nitrogens is 3. The molecule has 0 aromatic carbocycles. The lowest BCUT2D eigenvalue weighted by atomic mass is 10.3. The molecule has 2 aromatic rings. The smallest absolute Gasteiger partial charge is 0.338 e. The van der Waals surface area contributed by atoms with E-state index in [-0.39, 0.29) is 5.56 Å². The Hall–Kier alpha value is -2.11. The van der Waals surface area contributed by atoms with E-state index >= 15 is 0 Å². The molecule has 13 heavy (non-hydrogen) atoms. The zero-order valence-corrected chi connectivity index (χ0v) is 6.51. The summed E-state index contributed by atoms with van der Waals surface area (Å²) in [5.41, 5.74) is 6.01. The van der Waals surface area contributed by atoms with Crippen molar-refractivity contribution >= 4 is 17.4 Å². The molecule has 0 aliphatic rings. The van der Waals surface area contributed by atoms with Gasteiger partial charge in [0.05, 0.1) is 5.56 Å². The molecular weight excluding hydrogens is 172 g/mol. The molecule has 6 nitrogen and oxygen atoms in total. The van der Waals surface area contributed by atoms with Gasteiger partial charge in [0.1, 0.15) is 5.82 Å². The molecule has 0 aliphatic carbocycles. The molecule has 0 spiro atoms. The quantitative estimate of drug-likeness (QED) is 0.641. The minimum Gasteiger partial charge on any atom is -0.478 e. The van der Waals surface area contributed by atoms with Gasteiger partial charge in [-0.3, -0.25) is 0 Å². The maximum atomic E-state index is 10.5. The summed E-state index contributed by atoms with van der Waals surface area (Å²) in [5, 5.41) is 12.5. The van der Waals surface area contributed by atoms with E-state index in [4.69, 9.17) is 10.8 Å². The Morgan fingerprint density at radius 2 is 2.38 bits per heavy atom. The number of carboxylic acids is 1. The van der Waals surface area contributed by atoms with Gasteiger partial charge in [-0.1, -0.05) is 0 Å². The van der Waals surface area contributed by atoms with Crippen LogP contribution >= 0.6 is 0 Å². The first-order chi connectivity index (χ1) is 6.16. The topological polar surface area (TPSA) is 93.5 Å². The van der Waals surface area contributed by atoms with E-state index in [2.05, 4.69) is 10.1 Å². The zero-order chi connectivity index (χ0) is 9.42. The van der Waals surface area contributed by atoms with Crippen LogP contribution in [0.15, 0.2) is 18.5 Å². The minimum absolute atomic E-state index is 0.0793. The molecule has 0 amide bonds. The fraction of sp³-hybridized carbons (Fsp3) is 0. The first-order valence-corrected chi connectivity index (χ1v) is 3.51.